The Balaban J connectivity index is 2.33. The standard InChI is InChI=1S/C13H13Br2F3N2O/c1-7-4-8(14)10(9(15)5-7)20-11(21)12(13(16,17)18)2-3-19-6-12/h4-5,19H,2-3,6H2,1H3,(H,20,21). The predicted octanol–water partition coefficient (Wildman–Crippen LogP) is 4.00. The van der Waals surface area contributed by atoms with Crippen molar-refractivity contribution in [2.75, 3.05) is 18.4 Å². The van der Waals surface area contributed by atoms with Crippen LogP contribution in [-0.2, 0) is 4.79 Å². The van der Waals surface area contributed by atoms with Crippen molar-refractivity contribution in [2.24, 2.45) is 5.41 Å². The molecule has 8 heteroatoms. The van der Waals surface area contributed by atoms with E-state index in [4.69, 9.17) is 0 Å². The SMILES string of the molecule is Cc1cc(Br)c(NC(=O)C2(C(F)(F)F)CCNC2)c(Br)c1. The van der Waals surface area contributed by atoms with Crippen molar-refractivity contribution in [1.82, 2.24) is 5.32 Å². The Kier molecular flexibility index (Phi) is 4.70. The molecule has 1 atom stereocenters. The first-order valence-electron chi connectivity index (χ1n) is 6.22. The van der Waals surface area contributed by atoms with Crippen molar-refractivity contribution in [3.8, 4) is 0 Å². The van der Waals surface area contributed by atoms with Crippen LogP contribution in [0.1, 0.15) is 12.0 Å². The maximum atomic E-state index is 13.3. The average molecular weight is 430 g/mol. The van der Waals surface area contributed by atoms with Crippen LogP contribution in [0.15, 0.2) is 21.1 Å². The Morgan fingerprint density at radius 2 is 1.90 bits per heavy atom. The second-order valence-corrected chi connectivity index (χ2v) is 6.77. The first kappa shape index (κ1) is 16.8. The molecule has 0 radical (unpaired) electrons. The summed E-state index contributed by atoms with van der Waals surface area (Å²) in [6, 6.07) is 3.46. The maximum Gasteiger partial charge on any atom is 0.404 e. The molecule has 3 nitrogen and oxygen atoms in total. The largest absolute Gasteiger partial charge is 0.404 e. The smallest absolute Gasteiger partial charge is 0.323 e. The van der Waals surface area contributed by atoms with Crippen LogP contribution in [0.4, 0.5) is 18.9 Å². The van der Waals surface area contributed by atoms with Gasteiger partial charge in [0.05, 0.1) is 5.69 Å². The maximum absolute atomic E-state index is 13.3. The highest BCUT2D eigenvalue weighted by molar-refractivity contribution is 9.11. The molecule has 1 saturated heterocycles. The first-order valence-corrected chi connectivity index (χ1v) is 7.80. The van der Waals surface area contributed by atoms with Gasteiger partial charge in [-0.05, 0) is 69.4 Å². The van der Waals surface area contributed by atoms with Crippen LogP contribution < -0.4 is 10.6 Å². The molecule has 0 aliphatic carbocycles. The zero-order chi connectivity index (χ0) is 15.8. The molecule has 1 aliphatic rings. The van der Waals surface area contributed by atoms with Crippen LogP contribution in [0.3, 0.4) is 0 Å². The molecule has 1 amide bonds. The summed E-state index contributed by atoms with van der Waals surface area (Å²) in [4.78, 5) is 12.3. The van der Waals surface area contributed by atoms with Crippen molar-refractivity contribution in [3.63, 3.8) is 0 Å². The fourth-order valence-corrected chi connectivity index (χ4v) is 3.92. The molecule has 1 aromatic carbocycles. The van der Waals surface area contributed by atoms with Crippen LogP contribution in [0.25, 0.3) is 0 Å². The normalized spacial score (nSPS) is 22.4. The highest BCUT2D eigenvalue weighted by Crippen LogP contribution is 2.44. The number of nitrogens with one attached hydrogen (secondary N) is 2. The summed E-state index contributed by atoms with van der Waals surface area (Å²) in [7, 11) is 0. The third kappa shape index (κ3) is 3.12. The number of halogens is 5. The zero-order valence-corrected chi connectivity index (χ0v) is 14.2. The van der Waals surface area contributed by atoms with Crippen molar-refractivity contribution < 1.29 is 18.0 Å². The summed E-state index contributed by atoms with van der Waals surface area (Å²) in [5.74, 6) is -1.04. The molecular formula is C13H13Br2F3N2O. The summed E-state index contributed by atoms with van der Waals surface area (Å²) in [5.41, 5.74) is -1.16. The van der Waals surface area contributed by atoms with E-state index in [1.165, 1.54) is 0 Å². The lowest BCUT2D eigenvalue weighted by Crippen LogP contribution is -2.49. The molecule has 0 aromatic heterocycles. The Hall–Kier alpha value is -0.600. The van der Waals surface area contributed by atoms with Gasteiger partial charge in [-0.15, -0.1) is 0 Å². The number of benzene rings is 1. The quantitative estimate of drug-likeness (QED) is 0.745. The van der Waals surface area contributed by atoms with Gasteiger partial charge in [-0.25, -0.2) is 0 Å². The van der Waals surface area contributed by atoms with E-state index in [0.717, 1.165) is 5.56 Å². The van der Waals surface area contributed by atoms with Crippen LogP contribution in [0.5, 0.6) is 0 Å². The molecule has 0 bridgehead atoms. The number of hydrogen-bond donors (Lipinski definition) is 2. The number of anilines is 1. The molecule has 1 unspecified atom stereocenters. The van der Waals surface area contributed by atoms with Gasteiger partial charge in [-0.2, -0.15) is 13.2 Å². The monoisotopic (exact) mass is 428 g/mol. The van der Waals surface area contributed by atoms with Gasteiger partial charge in [-0.1, -0.05) is 0 Å². The third-order valence-electron chi connectivity index (χ3n) is 3.56. The number of alkyl halides is 3. The van der Waals surface area contributed by atoms with Gasteiger partial charge < -0.3 is 10.6 Å². The summed E-state index contributed by atoms with van der Waals surface area (Å²) in [5, 5.41) is 5.02. The number of rotatable bonds is 2. The van der Waals surface area contributed by atoms with Crippen LogP contribution in [0, 0.1) is 12.3 Å². The van der Waals surface area contributed by atoms with Gasteiger partial charge >= 0.3 is 6.18 Å². The summed E-state index contributed by atoms with van der Waals surface area (Å²) >= 11 is 6.52. The lowest BCUT2D eigenvalue weighted by Gasteiger charge is -2.29. The molecule has 0 saturated carbocycles. The van der Waals surface area contributed by atoms with Crippen LogP contribution in [-0.4, -0.2) is 25.2 Å². The zero-order valence-electron chi connectivity index (χ0n) is 11.1. The molecule has 2 rings (SSSR count). The molecule has 1 aliphatic heterocycles. The molecule has 1 heterocycles. The topological polar surface area (TPSA) is 41.1 Å². The summed E-state index contributed by atoms with van der Waals surface area (Å²) in [6.45, 7) is 1.62. The Morgan fingerprint density at radius 3 is 2.33 bits per heavy atom. The Morgan fingerprint density at radius 1 is 1.33 bits per heavy atom. The molecule has 116 valence electrons. The van der Waals surface area contributed by atoms with Gasteiger partial charge in [0.2, 0.25) is 5.91 Å². The Labute approximate surface area is 136 Å². The van der Waals surface area contributed by atoms with Crippen LogP contribution >= 0.6 is 31.9 Å². The third-order valence-corrected chi connectivity index (χ3v) is 4.81. The number of carbonyl (C=O) groups is 1. The van der Waals surface area contributed by atoms with E-state index in [0.29, 0.717) is 14.6 Å². The molecular weight excluding hydrogens is 417 g/mol. The van der Waals surface area contributed by atoms with Gasteiger partial charge in [0, 0.05) is 15.5 Å². The molecule has 0 spiro atoms. The fourth-order valence-electron chi connectivity index (χ4n) is 2.31. The number of aryl methyl sites for hydroxylation is 1. The number of carbonyl (C=O) groups excluding carboxylic acids is 1. The van der Waals surface area contributed by atoms with Gasteiger partial charge in [0.15, 0.2) is 5.41 Å². The molecule has 1 fully saturated rings. The number of hydrogen-bond acceptors (Lipinski definition) is 2. The van der Waals surface area contributed by atoms with E-state index in [-0.39, 0.29) is 13.0 Å². The van der Waals surface area contributed by atoms with E-state index in [9.17, 15) is 18.0 Å². The van der Waals surface area contributed by atoms with Crippen molar-refractivity contribution in [2.45, 2.75) is 19.5 Å². The van der Waals surface area contributed by atoms with Gasteiger partial charge in [0.25, 0.3) is 0 Å². The number of amides is 1. The van der Waals surface area contributed by atoms with Crippen molar-refractivity contribution in [3.05, 3.63) is 26.6 Å². The van der Waals surface area contributed by atoms with Crippen molar-refractivity contribution >= 4 is 43.5 Å². The van der Waals surface area contributed by atoms with E-state index >= 15 is 0 Å². The van der Waals surface area contributed by atoms with E-state index < -0.39 is 24.0 Å². The molecule has 2 N–H and O–H groups in total. The minimum atomic E-state index is -4.59. The molecule has 21 heavy (non-hydrogen) atoms. The van der Waals surface area contributed by atoms with Crippen LogP contribution in [0.2, 0.25) is 0 Å². The van der Waals surface area contributed by atoms with E-state index in [2.05, 4.69) is 42.5 Å². The van der Waals surface area contributed by atoms with E-state index in [1.807, 2.05) is 6.92 Å². The summed E-state index contributed by atoms with van der Waals surface area (Å²) < 4.78 is 41.0. The molecule has 1 aromatic rings. The second-order valence-electron chi connectivity index (χ2n) is 5.06. The minimum absolute atomic E-state index is 0.170. The van der Waals surface area contributed by atoms with Gasteiger partial charge in [-0.3, -0.25) is 4.79 Å². The summed E-state index contributed by atoms with van der Waals surface area (Å²) in [6.07, 6.45) is -4.85. The van der Waals surface area contributed by atoms with Gasteiger partial charge in [0.1, 0.15) is 0 Å². The highest BCUT2D eigenvalue weighted by atomic mass is 79.9. The fraction of sp³-hybridized carbons (Fsp3) is 0.462. The second kappa shape index (κ2) is 5.89. The Bertz CT molecular complexity index is 546. The predicted molar refractivity (Wildman–Crippen MR) is 81.2 cm³/mol. The van der Waals surface area contributed by atoms with E-state index in [1.54, 1.807) is 12.1 Å². The lowest BCUT2D eigenvalue weighted by molar-refractivity contribution is -0.213. The van der Waals surface area contributed by atoms with Crippen molar-refractivity contribution in [1.29, 1.82) is 0 Å². The lowest BCUT2D eigenvalue weighted by atomic mass is 9.85. The minimum Gasteiger partial charge on any atom is -0.323 e. The average Bonchev–Trinajstić information content (AvgIpc) is 2.83. The first-order chi connectivity index (χ1) is 9.67. The highest BCUT2D eigenvalue weighted by Gasteiger charge is 2.61.